The monoisotopic (exact) mass is 525 g/mol. The van der Waals surface area contributed by atoms with Gasteiger partial charge in [-0.2, -0.15) is 4.31 Å². The predicted octanol–water partition coefficient (Wildman–Crippen LogP) is 4.00. The van der Waals surface area contributed by atoms with Crippen LogP contribution in [0.5, 0.6) is 0 Å². The van der Waals surface area contributed by atoms with E-state index in [1.54, 1.807) is 32.9 Å². The lowest BCUT2D eigenvalue weighted by Crippen LogP contribution is -2.27. The van der Waals surface area contributed by atoms with Gasteiger partial charge in [-0.3, -0.25) is 0 Å². The van der Waals surface area contributed by atoms with Gasteiger partial charge in [-0.15, -0.1) is 11.3 Å². The maximum Gasteiger partial charge on any atom is 0.348 e. The molecule has 2 aromatic rings. The molecule has 0 aliphatic carbocycles. The zero-order valence-electron chi connectivity index (χ0n) is 19.2. The molecule has 0 amide bonds. The number of hydrogen-bond donors (Lipinski definition) is 2. The van der Waals surface area contributed by atoms with Gasteiger partial charge in [0.1, 0.15) is 9.88 Å². The summed E-state index contributed by atoms with van der Waals surface area (Å²) in [4.78, 5) is 25.3. The normalized spacial score (nSPS) is 14.0. The lowest BCUT2D eigenvalue weighted by Gasteiger charge is -2.16. The first-order valence-corrected chi connectivity index (χ1v) is 13.5. The number of nitrogens with zero attached hydrogens (tertiary/aromatic N) is 1. The Hall–Kier alpha value is -2.54. The molecule has 2 N–H and O–H groups in total. The van der Waals surface area contributed by atoms with Gasteiger partial charge in [-0.25, -0.2) is 18.0 Å². The van der Waals surface area contributed by atoms with Gasteiger partial charge < -0.3 is 20.1 Å². The van der Waals surface area contributed by atoms with Crippen molar-refractivity contribution in [3.63, 3.8) is 0 Å². The maximum atomic E-state index is 12.7. The molecule has 0 saturated carbocycles. The number of thiophene rings is 1. The van der Waals surface area contributed by atoms with Gasteiger partial charge in [-0.05, 0) is 75.7 Å². The largest absolute Gasteiger partial charge is 0.462 e. The molecule has 1 aliphatic heterocycles. The Labute approximate surface area is 208 Å². The molecule has 1 aromatic heterocycles. The molecule has 0 atom stereocenters. The number of hydrogen-bond acceptors (Lipinski definition) is 8. The zero-order valence-corrected chi connectivity index (χ0v) is 21.6. The molecule has 0 unspecified atom stereocenters. The van der Waals surface area contributed by atoms with Crippen LogP contribution in [-0.4, -0.2) is 56.1 Å². The number of rotatable bonds is 8. The van der Waals surface area contributed by atoms with Crippen LogP contribution in [0.2, 0.25) is 0 Å². The number of sulfonamides is 1. The van der Waals surface area contributed by atoms with Crippen molar-refractivity contribution in [1.29, 1.82) is 0 Å². The number of benzene rings is 1. The van der Waals surface area contributed by atoms with Gasteiger partial charge >= 0.3 is 11.9 Å². The summed E-state index contributed by atoms with van der Waals surface area (Å²) < 4.78 is 37.1. The first-order valence-electron chi connectivity index (χ1n) is 10.8. The van der Waals surface area contributed by atoms with Crippen molar-refractivity contribution in [1.82, 2.24) is 4.31 Å². The number of carbonyl (C=O) groups is 2. The summed E-state index contributed by atoms with van der Waals surface area (Å²) in [6, 6.07) is 6.29. The maximum absolute atomic E-state index is 12.7. The topological polar surface area (TPSA) is 114 Å². The van der Waals surface area contributed by atoms with Gasteiger partial charge in [0.15, 0.2) is 5.11 Å². The molecule has 1 fully saturated rings. The lowest BCUT2D eigenvalue weighted by atomic mass is 10.1. The van der Waals surface area contributed by atoms with Gasteiger partial charge in [0.2, 0.25) is 10.0 Å². The molecule has 34 heavy (non-hydrogen) atoms. The smallest absolute Gasteiger partial charge is 0.348 e. The number of esters is 2. The average Bonchev–Trinajstić information content (AvgIpc) is 3.43. The molecule has 184 valence electrons. The van der Waals surface area contributed by atoms with Crippen molar-refractivity contribution in [3.05, 3.63) is 40.3 Å². The molecule has 2 heterocycles. The van der Waals surface area contributed by atoms with Crippen LogP contribution >= 0.6 is 23.6 Å². The Balaban J connectivity index is 1.77. The van der Waals surface area contributed by atoms with Crippen molar-refractivity contribution in [3.8, 4) is 0 Å². The van der Waals surface area contributed by atoms with Crippen LogP contribution in [0.15, 0.2) is 29.2 Å². The van der Waals surface area contributed by atoms with Gasteiger partial charge in [-0.1, -0.05) is 0 Å². The summed E-state index contributed by atoms with van der Waals surface area (Å²) in [7, 11) is -3.50. The van der Waals surface area contributed by atoms with Crippen LogP contribution in [0.25, 0.3) is 0 Å². The standard InChI is InChI=1S/C22H27N3O6S3/c1-4-30-20(26)17-14(3)18(21(27)31-5-2)33-19(17)24-22(32)23-15-8-10-16(11-9-15)34(28,29)25-12-6-7-13-25/h8-11H,4-7,12-13H2,1-3H3,(H2,23,24,32). The van der Waals surface area contributed by atoms with Crippen LogP contribution in [0.1, 0.15) is 52.3 Å². The van der Waals surface area contributed by atoms with E-state index in [2.05, 4.69) is 10.6 Å². The molecule has 0 bridgehead atoms. The third-order valence-electron chi connectivity index (χ3n) is 5.13. The van der Waals surface area contributed by atoms with Crippen molar-refractivity contribution in [2.45, 2.75) is 38.5 Å². The Kier molecular flexibility index (Phi) is 8.63. The van der Waals surface area contributed by atoms with Crippen molar-refractivity contribution in [2.75, 3.05) is 36.9 Å². The van der Waals surface area contributed by atoms with Gasteiger partial charge in [0.25, 0.3) is 0 Å². The Morgan fingerprint density at radius 2 is 1.62 bits per heavy atom. The molecule has 1 saturated heterocycles. The Bertz CT molecular complexity index is 1170. The van der Waals surface area contributed by atoms with Crippen LogP contribution in [0.4, 0.5) is 10.7 Å². The van der Waals surface area contributed by atoms with Gasteiger partial charge in [0.05, 0.1) is 23.7 Å². The van der Waals surface area contributed by atoms with E-state index in [1.807, 2.05) is 0 Å². The SMILES string of the molecule is CCOC(=O)c1sc(NC(=S)Nc2ccc(S(=O)(=O)N3CCCC3)cc2)c(C(=O)OCC)c1C. The van der Waals surface area contributed by atoms with E-state index in [0.717, 1.165) is 24.2 Å². The van der Waals surface area contributed by atoms with Crippen molar-refractivity contribution >= 4 is 61.3 Å². The third-order valence-corrected chi connectivity index (χ3v) is 8.43. The molecule has 3 rings (SSSR count). The van der Waals surface area contributed by atoms with E-state index in [0.29, 0.717) is 29.3 Å². The summed E-state index contributed by atoms with van der Waals surface area (Å²) in [6.45, 7) is 6.50. The summed E-state index contributed by atoms with van der Waals surface area (Å²) >= 11 is 6.43. The van der Waals surface area contributed by atoms with Crippen LogP contribution < -0.4 is 10.6 Å². The highest BCUT2D eigenvalue weighted by atomic mass is 32.2. The zero-order chi connectivity index (χ0) is 24.9. The lowest BCUT2D eigenvalue weighted by molar-refractivity contribution is 0.0527. The number of thiocarbonyl (C=S) groups is 1. The van der Waals surface area contributed by atoms with Gasteiger partial charge in [0, 0.05) is 18.8 Å². The summed E-state index contributed by atoms with van der Waals surface area (Å²) in [6.07, 6.45) is 1.74. The Morgan fingerprint density at radius 1 is 1.03 bits per heavy atom. The quantitative estimate of drug-likeness (QED) is 0.390. The molecule has 9 nitrogen and oxygen atoms in total. The molecular formula is C22H27N3O6S3. The highest BCUT2D eigenvalue weighted by Crippen LogP contribution is 2.34. The van der Waals surface area contributed by atoms with E-state index >= 15 is 0 Å². The predicted molar refractivity (Wildman–Crippen MR) is 135 cm³/mol. The second kappa shape index (κ2) is 11.3. The second-order valence-electron chi connectivity index (χ2n) is 7.42. The molecule has 1 aromatic carbocycles. The van der Waals surface area contributed by atoms with E-state index in [4.69, 9.17) is 21.7 Å². The average molecular weight is 526 g/mol. The molecular weight excluding hydrogens is 498 g/mol. The second-order valence-corrected chi connectivity index (χ2v) is 10.8. The minimum Gasteiger partial charge on any atom is -0.462 e. The summed E-state index contributed by atoms with van der Waals surface area (Å²) in [5.41, 5.74) is 1.23. The number of nitrogens with one attached hydrogen (secondary N) is 2. The highest BCUT2D eigenvalue weighted by Gasteiger charge is 2.28. The third kappa shape index (κ3) is 5.74. The minimum absolute atomic E-state index is 0.164. The summed E-state index contributed by atoms with van der Waals surface area (Å²) in [5, 5.41) is 6.44. The van der Waals surface area contributed by atoms with E-state index in [1.165, 1.54) is 16.4 Å². The number of carbonyl (C=O) groups excluding carboxylic acids is 2. The molecule has 0 spiro atoms. The fourth-order valence-electron chi connectivity index (χ4n) is 3.50. The van der Waals surface area contributed by atoms with E-state index < -0.39 is 22.0 Å². The number of anilines is 2. The van der Waals surface area contributed by atoms with E-state index in [-0.39, 0.29) is 33.7 Å². The first-order chi connectivity index (χ1) is 16.2. The molecule has 1 aliphatic rings. The highest BCUT2D eigenvalue weighted by molar-refractivity contribution is 7.89. The van der Waals surface area contributed by atoms with Crippen LogP contribution in [0, 0.1) is 6.92 Å². The van der Waals surface area contributed by atoms with E-state index in [9.17, 15) is 18.0 Å². The Morgan fingerprint density at radius 3 is 2.21 bits per heavy atom. The van der Waals surface area contributed by atoms with Crippen molar-refractivity contribution in [2.24, 2.45) is 0 Å². The van der Waals surface area contributed by atoms with Crippen molar-refractivity contribution < 1.29 is 27.5 Å². The fraction of sp³-hybridized carbons (Fsp3) is 0.409. The van der Waals surface area contributed by atoms with Crippen LogP contribution in [-0.2, 0) is 19.5 Å². The van der Waals surface area contributed by atoms with Crippen LogP contribution in [0.3, 0.4) is 0 Å². The first kappa shape index (κ1) is 26.1. The molecule has 0 radical (unpaired) electrons. The molecule has 12 heteroatoms. The minimum atomic E-state index is -3.50. The summed E-state index contributed by atoms with van der Waals surface area (Å²) in [5.74, 6) is -1.11. The number of ether oxygens (including phenoxy) is 2. The fourth-order valence-corrected chi connectivity index (χ4v) is 6.39.